The summed E-state index contributed by atoms with van der Waals surface area (Å²) in [6.45, 7) is 2.05. The Morgan fingerprint density at radius 2 is 1.79 bits per heavy atom. The number of halogens is 1. The van der Waals surface area contributed by atoms with E-state index in [-0.39, 0.29) is 23.9 Å². The van der Waals surface area contributed by atoms with E-state index in [9.17, 15) is 19.1 Å². The average Bonchev–Trinajstić information content (AvgIpc) is 3.02. The van der Waals surface area contributed by atoms with Crippen molar-refractivity contribution in [2.24, 2.45) is 0 Å². The quantitative estimate of drug-likeness (QED) is 0.828. The molecule has 2 aromatic carbocycles. The first-order valence-corrected chi connectivity index (χ1v) is 9.91. The van der Waals surface area contributed by atoms with Crippen LogP contribution in [0.4, 0.5) is 14.0 Å². The van der Waals surface area contributed by atoms with E-state index in [1.54, 1.807) is 15.9 Å². The van der Waals surface area contributed by atoms with Gasteiger partial charge in [-0.2, -0.15) is 0 Å². The van der Waals surface area contributed by atoms with Crippen molar-refractivity contribution in [2.45, 2.75) is 31.3 Å². The summed E-state index contributed by atoms with van der Waals surface area (Å²) >= 11 is 0. The summed E-state index contributed by atoms with van der Waals surface area (Å²) in [7, 11) is 0. The highest BCUT2D eigenvalue weighted by atomic mass is 19.1. The topological polar surface area (TPSA) is 72.9 Å². The molecule has 6 nitrogen and oxygen atoms in total. The first-order valence-electron chi connectivity index (χ1n) is 9.91. The summed E-state index contributed by atoms with van der Waals surface area (Å²) in [5.74, 6) is -0.291. The lowest BCUT2D eigenvalue weighted by Gasteiger charge is -2.37. The normalized spacial score (nSPS) is 21.0. The fourth-order valence-corrected chi connectivity index (χ4v) is 4.15. The number of hydrogen-bond acceptors (Lipinski definition) is 2. The molecule has 2 aromatic rings. The van der Waals surface area contributed by atoms with Crippen LogP contribution in [0.2, 0.25) is 0 Å². The Labute approximate surface area is 168 Å². The van der Waals surface area contributed by atoms with Gasteiger partial charge in [0.2, 0.25) is 0 Å². The highest BCUT2D eigenvalue weighted by Gasteiger charge is 2.40. The highest BCUT2D eigenvalue weighted by Crippen LogP contribution is 2.27. The van der Waals surface area contributed by atoms with Crippen LogP contribution in [0.1, 0.15) is 18.4 Å². The molecule has 0 aliphatic carbocycles. The van der Waals surface area contributed by atoms with Crippen molar-refractivity contribution in [1.82, 2.24) is 15.1 Å². The van der Waals surface area contributed by atoms with E-state index in [4.69, 9.17) is 0 Å². The van der Waals surface area contributed by atoms with Crippen LogP contribution in [0.3, 0.4) is 0 Å². The molecule has 2 N–H and O–H groups in total. The van der Waals surface area contributed by atoms with Gasteiger partial charge in [-0.15, -0.1) is 0 Å². The van der Waals surface area contributed by atoms with Crippen LogP contribution in [0.25, 0.3) is 11.1 Å². The van der Waals surface area contributed by atoms with Gasteiger partial charge in [0.25, 0.3) is 0 Å². The molecule has 0 unspecified atom stereocenters. The second-order valence-electron chi connectivity index (χ2n) is 7.64. The standard InChI is InChI=1S/C22H24FN3O3/c23-18-7-2-6-17(14-18)16-5-1-4-15(12-16)13-20-19(24-21(27)28)8-11-26(20)22(29)25-9-3-10-25/h1-2,4-7,12,14,19-20,24H,3,8-11,13H2,(H,27,28)/t19-,20-/m0/s1. The smallest absolute Gasteiger partial charge is 0.404 e. The maximum Gasteiger partial charge on any atom is 0.404 e. The Morgan fingerprint density at radius 1 is 1.07 bits per heavy atom. The second kappa shape index (κ2) is 8.11. The van der Waals surface area contributed by atoms with E-state index < -0.39 is 6.09 Å². The Kier molecular flexibility index (Phi) is 5.38. The third kappa shape index (κ3) is 4.18. The van der Waals surface area contributed by atoms with Crippen LogP contribution < -0.4 is 5.32 Å². The number of amides is 3. The number of hydrogen-bond donors (Lipinski definition) is 2. The zero-order valence-corrected chi connectivity index (χ0v) is 16.1. The summed E-state index contributed by atoms with van der Waals surface area (Å²) in [5.41, 5.74) is 2.66. The van der Waals surface area contributed by atoms with Crippen molar-refractivity contribution in [3.63, 3.8) is 0 Å². The van der Waals surface area contributed by atoms with E-state index in [2.05, 4.69) is 5.32 Å². The van der Waals surface area contributed by atoms with Crippen LogP contribution in [-0.2, 0) is 6.42 Å². The molecule has 2 heterocycles. The molecule has 7 heteroatoms. The number of benzene rings is 2. The third-order valence-electron chi connectivity index (χ3n) is 5.76. The number of carbonyl (C=O) groups excluding carboxylic acids is 1. The molecule has 2 fully saturated rings. The molecule has 3 amide bonds. The first-order chi connectivity index (χ1) is 14.0. The summed E-state index contributed by atoms with van der Waals surface area (Å²) in [6.07, 6.45) is 1.07. The van der Waals surface area contributed by atoms with E-state index in [0.29, 0.717) is 19.4 Å². The van der Waals surface area contributed by atoms with Gasteiger partial charge in [0.05, 0.1) is 12.1 Å². The maximum absolute atomic E-state index is 13.6. The van der Waals surface area contributed by atoms with Gasteiger partial charge in [-0.1, -0.05) is 36.4 Å². The molecule has 0 radical (unpaired) electrons. The lowest BCUT2D eigenvalue weighted by Crippen LogP contribution is -2.54. The minimum Gasteiger partial charge on any atom is -0.465 e. The van der Waals surface area contributed by atoms with Crippen molar-refractivity contribution < 1.29 is 19.1 Å². The molecule has 2 atom stereocenters. The fourth-order valence-electron chi connectivity index (χ4n) is 4.15. The lowest BCUT2D eigenvalue weighted by atomic mass is 9.96. The number of rotatable bonds is 4. The summed E-state index contributed by atoms with van der Waals surface area (Å²) in [4.78, 5) is 27.7. The molecule has 0 aromatic heterocycles. The van der Waals surface area contributed by atoms with Crippen LogP contribution >= 0.6 is 0 Å². The molecule has 2 saturated heterocycles. The van der Waals surface area contributed by atoms with E-state index >= 15 is 0 Å². The lowest BCUT2D eigenvalue weighted by molar-refractivity contribution is 0.119. The average molecular weight is 397 g/mol. The maximum atomic E-state index is 13.6. The van der Waals surface area contributed by atoms with Crippen molar-refractivity contribution in [3.05, 3.63) is 59.9 Å². The number of carboxylic acid groups (broad SMARTS) is 1. The van der Waals surface area contributed by atoms with Crippen molar-refractivity contribution in [3.8, 4) is 11.1 Å². The second-order valence-corrected chi connectivity index (χ2v) is 7.64. The Bertz CT molecular complexity index is 916. The fraction of sp³-hybridized carbons (Fsp3) is 0.364. The van der Waals surface area contributed by atoms with Gasteiger partial charge in [0.15, 0.2) is 0 Å². The number of likely N-dealkylation sites (tertiary alicyclic amines) is 2. The Morgan fingerprint density at radius 3 is 2.45 bits per heavy atom. The molecule has 29 heavy (non-hydrogen) atoms. The summed E-state index contributed by atoms with van der Waals surface area (Å²) in [6, 6.07) is 13.6. The zero-order chi connectivity index (χ0) is 20.4. The minimum atomic E-state index is -1.08. The van der Waals surface area contributed by atoms with Crippen LogP contribution in [0.15, 0.2) is 48.5 Å². The molecule has 0 spiro atoms. The highest BCUT2D eigenvalue weighted by molar-refractivity contribution is 5.76. The first kappa shape index (κ1) is 19.2. The Hall–Kier alpha value is -3.09. The monoisotopic (exact) mass is 397 g/mol. The molecule has 2 aliphatic heterocycles. The van der Waals surface area contributed by atoms with Crippen molar-refractivity contribution >= 4 is 12.1 Å². The van der Waals surface area contributed by atoms with Crippen molar-refractivity contribution in [2.75, 3.05) is 19.6 Å². The zero-order valence-electron chi connectivity index (χ0n) is 16.1. The number of carbonyl (C=O) groups is 2. The molecular weight excluding hydrogens is 373 g/mol. The summed E-state index contributed by atoms with van der Waals surface area (Å²) in [5, 5.41) is 11.8. The van der Waals surface area contributed by atoms with E-state index in [1.807, 2.05) is 30.3 Å². The van der Waals surface area contributed by atoms with Gasteiger partial charge in [-0.25, -0.2) is 14.0 Å². The molecule has 152 valence electrons. The van der Waals surface area contributed by atoms with Crippen molar-refractivity contribution in [1.29, 1.82) is 0 Å². The van der Waals surface area contributed by atoms with E-state index in [0.717, 1.165) is 36.2 Å². The number of nitrogens with zero attached hydrogens (tertiary/aromatic N) is 2. The summed E-state index contributed by atoms with van der Waals surface area (Å²) < 4.78 is 13.6. The molecule has 0 saturated carbocycles. The van der Waals surface area contributed by atoms with Crippen LogP contribution in [0, 0.1) is 5.82 Å². The Balaban J connectivity index is 1.57. The van der Waals surface area contributed by atoms with E-state index in [1.165, 1.54) is 12.1 Å². The number of nitrogens with one attached hydrogen (secondary N) is 1. The molecule has 2 aliphatic rings. The van der Waals surface area contributed by atoms with Gasteiger partial charge >= 0.3 is 12.1 Å². The van der Waals surface area contributed by atoms with Gasteiger partial charge in [0, 0.05) is 19.6 Å². The predicted molar refractivity (Wildman–Crippen MR) is 107 cm³/mol. The number of urea groups is 1. The van der Waals surface area contributed by atoms with Gasteiger partial charge in [-0.3, -0.25) is 0 Å². The molecule has 4 rings (SSSR count). The minimum absolute atomic E-state index is 0.0165. The predicted octanol–water partition coefficient (Wildman–Crippen LogP) is 3.57. The largest absolute Gasteiger partial charge is 0.465 e. The molecular formula is C22H24FN3O3. The van der Waals surface area contributed by atoms with Gasteiger partial charge in [-0.05, 0) is 48.1 Å². The SMILES string of the molecule is O=C(O)N[C@H]1CCN(C(=O)N2CCC2)[C@H]1Cc1cccc(-c2cccc(F)c2)c1. The van der Waals surface area contributed by atoms with Gasteiger partial charge < -0.3 is 20.2 Å². The van der Waals surface area contributed by atoms with Crippen LogP contribution in [-0.4, -0.2) is 58.7 Å². The van der Waals surface area contributed by atoms with Gasteiger partial charge in [0.1, 0.15) is 5.82 Å². The molecule has 0 bridgehead atoms. The van der Waals surface area contributed by atoms with Crippen LogP contribution in [0.5, 0.6) is 0 Å². The third-order valence-corrected chi connectivity index (χ3v) is 5.76.